The van der Waals surface area contributed by atoms with Gasteiger partial charge in [-0.2, -0.15) is 0 Å². The lowest BCUT2D eigenvalue weighted by molar-refractivity contribution is 0.0286. The van der Waals surface area contributed by atoms with E-state index >= 15 is 0 Å². The van der Waals surface area contributed by atoms with E-state index in [1.54, 1.807) is 4.90 Å². The van der Waals surface area contributed by atoms with Gasteiger partial charge >= 0.3 is 6.09 Å². The minimum atomic E-state index is -0.434. The van der Waals surface area contributed by atoms with E-state index in [-0.39, 0.29) is 6.09 Å². The van der Waals surface area contributed by atoms with Gasteiger partial charge in [0.05, 0.1) is 6.61 Å². The largest absolute Gasteiger partial charge is 0.493 e. The summed E-state index contributed by atoms with van der Waals surface area (Å²) in [6.45, 7) is 9.93. The zero-order valence-corrected chi connectivity index (χ0v) is 16.0. The number of hydrogen-bond donors (Lipinski definition) is 0. The van der Waals surface area contributed by atoms with Crippen LogP contribution in [0, 0.1) is 12.8 Å². The molecular weight excluding hydrogens is 358 g/mol. The number of carbonyl (C=O) groups is 1. The van der Waals surface area contributed by atoms with Crippen LogP contribution in [-0.4, -0.2) is 36.3 Å². The zero-order valence-electron chi connectivity index (χ0n) is 14.4. The van der Waals surface area contributed by atoms with Crippen molar-refractivity contribution in [1.82, 2.24) is 4.90 Å². The van der Waals surface area contributed by atoms with Crippen molar-refractivity contribution in [2.75, 3.05) is 19.7 Å². The molecular formula is C18H26BrNO3. The van der Waals surface area contributed by atoms with Crippen molar-refractivity contribution < 1.29 is 14.3 Å². The number of carbonyl (C=O) groups excluding carboxylic acids is 1. The Balaban J connectivity index is 1.76. The molecule has 4 nitrogen and oxygen atoms in total. The summed E-state index contributed by atoms with van der Waals surface area (Å²) in [6.07, 6.45) is 1.76. The van der Waals surface area contributed by atoms with Gasteiger partial charge < -0.3 is 14.4 Å². The Morgan fingerprint density at radius 1 is 1.39 bits per heavy atom. The first kappa shape index (κ1) is 18.1. The number of likely N-dealkylation sites (tertiary alicyclic amines) is 1. The second-order valence-electron chi connectivity index (χ2n) is 7.08. The molecule has 0 spiro atoms. The first-order valence-corrected chi connectivity index (χ1v) is 8.91. The van der Waals surface area contributed by atoms with E-state index in [2.05, 4.69) is 15.9 Å². The molecule has 5 heteroatoms. The Labute approximate surface area is 147 Å². The second-order valence-corrected chi connectivity index (χ2v) is 7.94. The smallest absolute Gasteiger partial charge is 0.410 e. The van der Waals surface area contributed by atoms with Crippen molar-refractivity contribution in [2.24, 2.45) is 5.92 Å². The molecule has 1 aromatic rings. The molecule has 0 radical (unpaired) electrons. The normalized spacial score (nSPS) is 18.1. The minimum absolute atomic E-state index is 0.205. The molecule has 1 heterocycles. The van der Waals surface area contributed by atoms with E-state index in [0.717, 1.165) is 41.7 Å². The number of benzene rings is 1. The van der Waals surface area contributed by atoms with Gasteiger partial charge in [-0.3, -0.25) is 0 Å². The van der Waals surface area contributed by atoms with Crippen LogP contribution in [-0.2, 0) is 4.74 Å². The third-order valence-electron chi connectivity index (χ3n) is 3.94. The van der Waals surface area contributed by atoms with Gasteiger partial charge in [-0.1, -0.05) is 22.0 Å². The van der Waals surface area contributed by atoms with Gasteiger partial charge in [0.1, 0.15) is 11.4 Å². The molecule has 0 unspecified atom stereocenters. The summed E-state index contributed by atoms with van der Waals surface area (Å²) in [4.78, 5) is 13.9. The van der Waals surface area contributed by atoms with E-state index in [0.29, 0.717) is 12.5 Å². The summed E-state index contributed by atoms with van der Waals surface area (Å²) in [5.41, 5.74) is 0.686. The zero-order chi connectivity index (χ0) is 17.0. The number of rotatable bonds is 4. The van der Waals surface area contributed by atoms with E-state index < -0.39 is 5.60 Å². The monoisotopic (exact) mass is 383 g/mol. The van der Waals surface area contributed by atoms with Gasteiger partial charge in [-0.05, 0) is 58.6 Å². The topological polar surface area (TPSA) is 38.8 Å². The molecule has 2 rings (SSSR count). The molecule has 23 heavy (non-hydrogen) atoms. The maximum Gasteiger partial charge on any atom is 0.410 e. The van der Waals surface area contributed by atoms with Gasteiger partial charge in [0.15, 0.2) is 0 Å². The van der Waals surface area contributed by atoms with Crippen molar-refractivity contribution in [3.05, 3.63) is 28.2 Å². The summed E-state index contributed by atoms with van der Waals surface area (Å²) in [6, 6.07) is 5.98. The molecule has 0 N–H and O–H groups in total. The maximum atomic E-state index is 12.1. The molecule has 0 aromatic heterocycles. The molecule has 1 aromatic carbocycles. The van der Waals surface area contributed by atoms with Gasteiger partial charge in [0, 0.05) is 23.1 Å². The van der Waals surface area contributed by atoms with Crippen molar-refractivity contribution in [2.45, 2.75) is 46.1 Å². The molecule has 0 bridgehead atoms. The van der Waals surface area contributed by atoms with Crippen LogP contribution < -0.4 is 4.74 Å². The van der Waals surface area contributed by atoms with E-state index in [4.69, 9.17) is 9.47 Å². The van der Waals surface area contributed by atoms with Gasteiger partial charge in [0.2, 0.25) is 0 Å². The molecule has 0 aliphatic carbocycles. The van der Waals surface area contributed by atoms with Crippen molar-refractivity contribution in [3.8, 4) is 5.75 Å². The predicted octanol–water partition coefficient (Wildman–Crippen LogP) is 4.78. The third kappa shape index (κ3) is 5.41. The summed E-state index contributed by atoms with van der Waals surface area (Å²) in [7, 11) is 0. The van der Waals surface area contributed by atoms with E-state index in [1.165, 1.54) is 0 Å². The summed E-state index contributed by atoms with van der Waals surface area (Å²) in [5, 5.41) is 0. The van der Waals surface area contributed by atoms with Crippen LogP contribution in [0.2, 0.25) is 0 Å². The number of hydrogen-bond acceptors (Lipinski definition) is 3. The summed E-state index contributed by atoms with van der Waals surface area (Å²) in [5.74, 6) is 1.40. The predicted molar refractivity (Wildman–Crippen MR) is 94.9 cm³/mol. The third-order valence-corrected chi connectivity index (χ3v) is 4.80. The molecule has 0 saturated carbocycles. The highest BCUT2D eigenvalue weighted by Crippen LogP contribution is 2.27. The average Bonchev–Trinajstić information content (AvgIpc) is 2.91. The van der Waals surface area contributed by atoms with Crippen molar-refractivity contribution in [1.29, 1.82) is 0 Å². The van der Waals surface area contributed by atoms with Gasteiger partial charge in [0.25, 0.3) is 0 Å². The van der Waals surface area contributed by atoms with Crippen molar-refractivity contribution >= 4 is 22.0 Å². The van der Waals surface area contributed by atoms with E-state index in [9.17, 15) is 4.79 Å². The molecule has 1 aliphatic heterocycles. The van der Waals surface area contributed by atoms with Gasteiger partial charge in [-0.25, -0.2) is 4.79 Å². The lowest BCUT2D eigenvalue weighted by Crippen LogP contribution is -2.35. The lowest BCUT2D eigenvalue weighted by atomic mass is 10.1. The van der Waals surface area contributed by atoms with E-state index in [1.807, 2.05) is 45.9 Å². The Hall–Kier alpha value is -1.23. The molecule has 1 fully saturated rings. The molecule has 1 amide bonds. The van der Waals surface area contributed by atoms with Crippen LogP contribution in [0.15, 0.2) is 22.7 Å². The number of ether oxygens (including phenoxy) is 2. The number of amides is 1. The maximum absolute atomic E-state index is 12.1. The molecule has 1 saturated heterocycles. The Bertz CT molecular complexity index is 554. The van der Waals surface area contributed by atoms with Crippen molar-refractivity contribution in [3.63, 3.8) is 0 Å². The molecule has 128 valence electrons. The van der Waals surface area contributed by atoms with Crippen LogP contribution in [0.1, 0.15) is 39.2 Å². The first-order valence-electron chi connectivity index (χ1n) is 8.12. The molecule has 1 aliphatic rings. The van der Waals surface area contributed by atoms with Crippen LogP contribution in [0.25, 0.3) is 0 Å². The van der Waals surface area contributed by atoms with Crippen LogP contribution in [0.5, 0.6) is 5.75 Å². The fourth-order valence-corrected chi connectivity index (χ4v) is 2.99. The fraction of sp³-hybridized carbons (Fsp3) is 0.611. The van der Waals surface area contributed by atoms with Crippen LogP contribution in [0.3, 0.4) is 0 Å². The Morgan fingerprint density at radius 2 is 2.13 bits per heavy atom. The van der Waals surface area contributed by atoms with Gasteiger partial charge in [-0.15, -0.1) is 0 Å². The fourth-order valence-electron chi connectivity index (χ4n) is 2.64. The lowest BCUT2D eigenvalue weighted by Gasteiger charge is -2.24. The Kier molecular flexibility index (Phi) is 5.95. The second kappa shape index (κ2) is 7.56. The van der Waals surface area contributed by atoms with Crippen LogP contribution in [0.4, 0.5) is 4.79 Å². The highest BCUT2D eigenvalue weighted by atomic mass is 79.9. The highest BCUT2D eigenvalue weighted by molar-refractivity contribution is 9.10. The molecule has 1 atom stereocenters. The first-order chi connectivity index (χ1) is 10.8. The summed E-state index contributed by atoms with van der Waals surface area (Å²) < 4.78 is 12.4. The average molecular weight is 384 g/mol. The standard InChI is InChI=1S/C18H26BrNO3/c1-13-15(19)6-5-7-16(13)22-11-9-14-8-10-20(12-14)17(21)23-18(2,3)4/h5-7,14H,8-12H2,1-4H3/t14-/m1/s1. The SMILES string of the molecule is Cc1c(Br)cccc1OCC[C@H]1CCN(C(=O)OC(C)(C)C)C1. The number of nitrogens with zero attached hydrogens (tertiary/aromatic N) is 1. The minimum Gasteiger partial charge on any atom is -0.493 e. The summed E-state index contributed by atoms with van der Waals surface area (Å²) >= 11 is 3.51. The number of halogens is 1. The van der Waals surface area contributed by atoms with Crippen LogP contribution >= 0.6 is 15.9 Å². The quantitative estimate of drug-likeness (QED) is 0.750. The Morgan fingerprint density at radius 3 is 2.83 bits per heavy atom. The highest BCUT2D eigenvalue weighted by Gasteiger charge is 2.29.